The Morgan fingerprint density at radius 1 is 1.53 bits per heavy atom. The zero-order valence-corrected chi connectivity index (χ0v) is 12.8. The summed E-state index contributed by atoms with van der Waals surface area (Å²) in [5.41, 5.74) is 7.36. The van der Waals surface area contributed by atoms with Gasteiger partial charge >= 0.3 is 0 Å². The molecule has 1 aliphatic heterocycles. The Morgan fingerprint density at radius 3 is 2.74 bits per heavy atom. The van der Waals surface area contributed by atoms with Crippen molar-refractivity contribution in [3.63, 3.8) is 0 Å². The lowest BCUT2D eigenvalue weighted by Gasteiger charge is -2.22. The summed E-state index contributed by atoms with van der Waals surface area (Å²) in [6.07, 6.45) is 0.995. The quantitative estimate of drug-likeness (QED) is 0.913. The topological polar surface area (TPSA) is 46.3 Å². The number of nitrogens with two attached hydrogens (primary N) is 1. The molecule has 1 aromatic rings. The normalized spacial score (nSPS) is 22.2. The van der Waals surface area contributed by atoms with Gasteiger partial charge in [-0.05, 0) is 56.5 Å². The van der Waals surface area contributed by atoms with Gasteiger partial charge in [-0.1, -0.05) is 11.6 Å². The third kappa shape index (κ3) is 3.41. The highest BCUT2D eigenvalue weighted by molar-refractivity contribution is 6.30. The summed E-state index contributed by atoms with van der Waals surface area (Å²) >= 11 is 5.91. The van der Waals surface area contributed by atoms with Crippen LogP contribution in [0.4, 0.5) is 0 Å². The zero-order valence-electron chi connectivity index (χ0n) is 11.2. The SMILES string of the molecule is Cc1cc(Cl)ccc1C(=O)N1CC(CN)CC1C.Cl. The first-order chi connectivity index (χ1) is 8.52. The van der Waals surface area contributed by atoms with Crippen LogP contribution in [0.2, 0.25) is 5.02 Å². The van der Waals surface area contributed by atoms with E-state index in [0.717, 1.165) is 24.1 Å². The van der Waals surface area contributed by atoms with Gasteiger partial charge in [-0.3, -0.25) is 4.79 Å². The van der Waals surface area contributed by atoms with Gasteiger partial charge in [0.05, 0.1) is 0 Å². The highest BCUT2D eigenvalue weighted by Gasteiger charge is 2.32. The Bertz CT molecular complexity index is 465. The monoisotopic (exact) mass is 302 g/mol. The smallest absolute Gasteiger partial charge is 0.254 e. The molecule has 2 unspecified atom stereocenters. The van der Waals surface area contributed by atoms with Crippen molar-refractivity contribution < 1.29 is 4.79 Å². The third-order valence-corrected chi connectivity index (χ3v) is 3.91. The Kier molecular flexibility index (Phi) is 5.65. The van der Waals surface area contributed by atoms with Gasteiger partial charge in [0, 0.05) is 23.2 Å². The highest BCUT2D eigenvalue weighted by atomic mass is 35.5. The number of aryl methyl sites for hydroxylation is 1. The van der Waals surface area contributed by atoms with Gasteiger partial charge in [-0.25, -0.2) is 0 Å². The molecular formula is C14H20Cl2N2O. The van der Waals surface area contributed by atoms with Crippen molar-refractivity contribution in [1.29, 1.82) is 0 Å². The molecule has 0 bridgehead atoms. The Balaban J connectivity index is 0.00000180. The van der Waals surface area contributed by atoms with Crippen LogP contribution < -0.4 is 5.73 Å². The van der Waals surface area contributed by atoms with Crippen LogP contribution in [0.25, 0.3) is 0 Å². The molecule has 1 aliphatic rings. The molecule has 0 saturated carbocycles. The summed E-state index contributed by atoms with van der Waals surface area (Å²) in [6.45, 7) is 5.41. The number of carbonyl (C=O) groups is 1. The van der Waals surface area contributed by atoms with Crippen molar-refractivity contribution in [2.45, 2.75) is 26.3 Å². The zero-order chi connectivity index (χ0) is 13.3. The molecule has 2 N–H and O–H groups in total. The first-order valence-corrected chi connectivity index (χ1v) is 6.68. The van der Waals surface area contributed by atoms with Gasteiger partial charge in [0.25, 0.3) is 5.91 Å². The van der Waals surface area contributed by atoms with E-state index in [4.69, 9.17) is 17.3 Å². The minimum atomic E-state index is 0. The molecule has 2 atom stereocenters. The van der Waals surface area contributed by atoms with Gasteiger partial charge < -0.3 is 10.6 Å². The van der Waals surface area contributed by atoms with Crippen LogP contribution in [-0.2, 0) is 0 Å². The summed E-state index contributed by atoms with van der Waals surface area (Å²) in [7, 11) is 0. The van der Waals surface area contributed by atoms with Crippen LogP contribution in [0.15, 0.2) is 18.2 Å². The molecule has 0 spiro atoms. The molecule has 1 saturated heterocycles. The van der Waals surface area contributed by atoms with Crippen LogP contribution in [0.3, 0.4) is 0 Å². The molecule has 0 radical (unpaired) electrons. The van der Waals surface area contributed by atoms with Crippen molar-refractivity contribution in [3.8, 4) is 0 Å². The molecule has 1 fully saturated rings. The summed E-state index contributed by atoms with van der Waals surface area (Å²) in [5.74, 6) is 0.518. The van der Waals surface area contributed by atoms with Crippen molar-refractivity contribution in [1.82, 2.24) is 4.90 Å². The highest BCUT2D eigenvalue weighted by Crippen LogP contribution is 2.25. The maximum absolute atomic E-state index is 12.5. The van der Waals surface area contributed by atoms with Crippen LogP contribution in [0.1, 0.15) is 29.3 Å². The molecule has 106 valence electrons. The van der Waals surface area contributed by atoms with Gasteiger partial charge in [0.15, 0.2) is 0 Å². The van der Waals surface area contributed by atoms with E-state index < -0.39 is 0 Å². The molecule has 1 aromatic carbocycles. The van der Waals surface area contributed by atoms with Crippen molar-refractivity contribution in [2.24, 2.45) is 11.7 Å². The number of amides is 1. The molecular weight excluding hydrogens is 283 g/mol. The summed E-state index contributed by atoms with van der Waals surface area (Å²) in [5, 5.41) is 0.665. The Hall–Kier alpha value is -0.770. The summed E-state index contributed by atoms with van der Waals surface area (Å²) in [4.78, 5) is 14.4. The fourth-order valence-corrected chi connectivity index (χ4v) is 2.84. The minimum absolute atomic E-state index is 0. The van der Waals surface area contributed by atoms with Gasteiger partial charge in [-0.15, -0.1) is 12.4 Å². The van der Waals surface area contributed by atoms with E-state index in [2.05, 4.69) is 6.92 Å². The molecule has 1 heterocycles. The van der Waals surface area contributed by atoms with E-state index in [1.807, 2.05) is 24.0 Å². The van der Waals surface area contributed by atoms with E-state index in [-0.39, 0.29) is 24.4 Å². The first-order valence-electron chi connectivity index (χ1n) is 6.30. The van der Waals surface area contributed by atoms with Crippen molar-refractivity contribution >= 4 is 29.9 Å². The second-order valence-corrected chi connectivity index (χ2v) is 5.54. The predicted octanol–water partition coefficient (Wildman–Crippen LogP) is 2.88. The number of halogens is 2. The number of benzene rings is 1. The van der Waals surface area contributed by atoms with E-state index in [1.54, 1.807) is 6.07 Å². The number of carbonyl (C=O) groups excluding carboxylic acids is 1. The van der Waals surface area contributed by atoms with Crippen LogP contribution in [-0.4, -0.2) is 29.9 Å². The molecule has 0 aliphatic carbocycles. The Labute approximate surface area is 125 Å². The molecule has 5 heteroatoms. The standard InChI is InChI=1S/C14H19ClN2O.ClH/c1-9-5-12(15)3-4-13(9)14(18)17-8-11(7-16)6-10(17)2;/h3-5,10-11H,6-8,16H2,1-2H3;1H. The number of rotatable bonds is 2. The fraction of sp³-hybridized carbons (Fsp3) is 0.500. The number of nitrogens with zero attached hydrogens (tertiary/aromatic N) is 1. The van der Waals surface area contributed by atoms with Crippen LogP contribution >= 0.6 is 24.0 Å². The second kappa shape index (κ2) is 6.60. The van der Waals surface area contributed by atoms with Gasteiger partial charge in [0.1, 0.15) is 0 Å². The molecule has 0 aromatic heterocycles. The number of hydrogen-bond donors (Lipinski definition) is 1. The number of hydrogen-bond acceptors (Lipinski definition) is 2. The lowest BCUT2D eigenvalue weighted by Crippen LogP contribution is -2.34. The Morgan fingerprint density at radius 2 is 2.21 bits per heavy atom. The van der Waals surface area contributed by atoms with Crippen LogP contribution in [0, 0.1) is 12.8 Å². The molecule has 19 heavy (non-hydrogen) atoms. The first kappa shape index (κ1) is 16.3. The number of likely N-dealkylation sites (tertiary alicyclic amines) is 1. The van der Waals surface area contributed by atoms with Crippen LogP contribution in [0.5, 0.6) is 0 Å². The lowest BCUT2D eigenvalue weighted by molar-refractivity contribution is 0.0742. The average molecular weight is 303 g/mol. The largest absolute Gasteiger partial charge is 0.336 e. The van der Waals surface area contributed by atoms with E-state index in [1.165, 1.54) is 0 Å². The van der Waals surface area contributed by atoms with Crippen molar-refractivity contribution in [3.05, 3.63) is 34.3 Å². The molecule has 1 amide bonds. The summed E-state index contributed by atoms with van der Waals surface area (Å²) in [6, 6.07) is 5.67. The maximum Gasteiger partial charge on any atom is 0.254 e. The van der Waals surface area contributed by atoms with E-state index in [9.17, 15) is 4.79 Å². The average Bonchev–Trinajstić information content (AvgIpc) is 2.70. The van der Waals surface area contributed by atoms with E-state index >= 15 is 0 Å². The lowest BCUT2D eigenvalue weighted by atomic mass is 10.1. The summed E-state index contributed by atoms with van der Waals surface area (Å²) < 4.78 is 0. The second-order valence-electron chi connectivity index (χ2n) is 5.10. The van der Waals surface area contributed by atoms with E-state index in [0.29, 0.717) is 17.5 Å². The van der Waals surface area contributed by atoms with Gasteiger partial charge in [-0.2, -0.15) is 0 Å². The molecule has 2 rings (SSSR count). The minimum Gasteiger partial charge on any atom is -0.336 e. The fourth-order valence-electron chi connectivity index (χ4n) is 2.62. The molecule has 3 nitrogen and oxygen atoms in total. The third-order valence-electron chi connectivity index (χ3n) is 3.67. The van der Waals surface area contributed by atoms with Gasteiger partial charge in [0.2, 0.25) is 0 Å². The predicted molar refractivity (Wildman–Crippen MR) is 81.1 cm³/mol. The maximum atomic E-state index is 12.5. The van der Waals surface area contributed by atoms with Crippen molar-refractivity contribution in [2.75, 3.05) is 13.1 Å².